The van der Waals surface area contributed by atoms with Gasteiger partial charge < -0.3 is 15.6 Å². The number of anilines is 1. The second kappa shape index (κ2) is 9.31. The quantitative estimate of drug-likeness (QED) is 0.386. The van der Waals surface area contributed by atoms with E-state index in [2.05, 4.69) is 21.4 Å². The number of carbonyl (C=O) groups is 1. The number of aromatic carboxylic acids is 1. The molecule has 1 aromatic carbocycles. The monoisotopic (exact) mass is 453 g/mol. The molecule has 0 radical (unpaired) electrons. The number of halogens is 1. The van der Waals surface area contributed by atoms with Gasteiger partial charge in [-0.2, -0.15) is 10.4 Å². The minimum Gasteiger partial charge on any atom is -0.482 e. The Balaban J connectivity index is 2.05. The van der Waals surface area contributed by atoms with Gasteiger partial charge in [0.05, 0.1) is 23.1 Å². The topological polar surface area (TPSA) is 160 Å². The third-order valence-corrected chi connectivity index (χ3v) is 4.90. The molecule has 170 valence electrons. The number of nitrogens with zero attached hydrogens (tertiary/aromatic N) is 6. The summed E-state index contributed by atoms with van der Waals surface area (Å²) in [5.74, 6) is -1.74. The van der Waals surface area contributed by atoms with Crippen molar-refractivity contribution in [3.05, 3.63) is 63.7 Å². The number of hydrogen-bond acceptors (Lipinski definition) is 8. The van der Waals surface area contributed by atoms with E-state index >= 15 is 0 Å². The Kier molecular flexibility index (Phi) is 6.53. The molecule has 0 aliphatic heterocycles. The Bertz CT molecular complexity index is 1270. The van der Waals surface area contributed by atoms with Crippen LogP contribution in [0.15, 0.2) is 35.7 Å². The van der Waals surface area contributed by atoms with Gasteiger partial charge in [-0.25, -0.2) is 14.2 Å². The van der Waals surface area contributed by atoms with Gasteiger partial charge in [-0.15, -0.1) is 4.91 Å². The summed E-state index contributed by atoms with van der Waals surface area (Å²) in [6, 6.07) is 6.88. The minimum absolute atomic E-state index is 0.00880. The molecule has 0 spiro atoms. The van der Waals surface area contributed by atoms with E-state index in [9.17, 15) is 24.5 Å². The first-order valence-corrected chi connectivity index (χ1v) is 9.61. The van der Waals surface area contributed by atoms with Crippen LogP contribution in [0.5, 0.6) is 5.75 Å². The number of hydrogen-bond donors (Lipinski definition) is 2. The molecule has 0 saturated carbocycles. The average Bonchev–Trinajstić information content (AvgIpc) is 3.09. The van der Waals surface area contributed by atoms with Crippen LogP contribution in [0.3, 0.4) is 0 Å². The zero-order valence-corrected chi connectivity index (χ0v) is 18.0. The third kappa shape index (κ3) is 4.72. The van der Waals surface area contributed by atoms with Gasteiger partial charge in [-0.1, -0.05) is 0 Å². The zero-order chi connectivity index (χ0) is 24.3. The lowest BCUT2D eigenvalue weighted by Gasteiger charge is -2.18. The van der Waals surface area contributed by atoms with Crippen LogP contribution in [-0.4, -0.2) is 37.9 Å². The molecule has 3 rings (SSSR count). The van der Waals surface area contributed by atoms with Crippen LogP contribution in [-0.2, 0) is 13.6 Å². The van der Waals surface area contributed by atoms with Crippen molar-refractivity contribution in [1.29, 1.82) is 5.26 Å². The number of nitrogen functional groups attached to an aromatic ring is 1. The summed E-state index contributed by atoms with van der Waals surface area (Å²) in [5.41, 5.74) is 7.43. The molecular weight excluding hydrogens is 433 g/mol. The molecule has 0 amide bonds. The van der Waals surface area contributed by atoms with Gasteiger partial charge in [-0.3, -0.25) is 9.69 Å². The number of carboxylic acids is 1. The maximum Gasteiger partial charge on any atom is 0.336 e. The van der Waals surface area contributed by atoms with Crippen molar-refractivity contribution in [3.8, 4) is 22.9 Å². The van der Waals surface area contributed by atoms with Crippen LogP contribution in [0, 0.1) is 22.1 Å². The fourth-order valence-electron chi connectivity index (χ4n) is 3.37. The van der Waals surface area contributed by atoms with Gasteiger partial charge in [0.25, 0.3) is 0 Å². The minimum atomic E-state index is -1.23. The molecule has 33 heavy (non-hydrogen) atoms. The molecular formula is C21H20FN7O4. The Hall–Kier alpha value is -4.53. The molecule has 12 heteroatoms. The van der Waals surface area contributed by atoms with E-state index in [-0.39, 0.29) is 34.9 Å². The molecule has 0 saturated heterocycles. The van der Waals surface area contributed by atoms with E-state index in [4.69, 9.17) is 10.5 Å². The molecule has 0 unspecified atom stereocenters. The normalized spacial score (nSPS) is 11.5. The van der Waals surface area contributed by atoms with Gasteiger partial charge in [0.15, 0.2) is 11.6 Å². The van der Waals surface area contributed by atoms with Crippen LogP contribution in [0.1, 0.15) is 40.3 Å². The largest absolute Gasteiger partial charge is 0.482 e. The second-order valence-electron chi connectivity index (χ2n) is 7.21. The predicted molar refractivity (Wildman–Crippen MR) is 115 cm³/mol. The number of nitrogens with two attached hydrogens (primary N) is 1. The number of aryl methyl sites for hydroxylation is 1. The SMILES string of the molecule is C[C@@H](Oc1cc(-c2c(CN(C)N=O)nn(C)c2C#N)cnc1N)c1cc(F)ccc1C(=O)O. The highest BCUT2D eigenvalue weighted by Crippen LogP contribution is 2.34. The molecule has 0 fully saturated rings. The fraction of sp³-hybridized carbons (Fsp3) is 0.238. The lowest BCUT2D eigenvalue weighted by Crippen LogP contribution is -2.12. The van der Waals surface area contributed by atoms with E-state index in [1.54, 1.807) is 14.0 Å². The summed E-state index contributed by atoms with van der Waals surface area (Å²) in [7, 11) is 3.05. The maximum atomic E-state index is 13.8. The van der Waals surface area contributed by atoms with Crippen LogP contribution in [0.2, 0.25) is 0 Å². The number of rotatable bonds is 8. The fourth-order valence-corrected chi connectivity index (χ4v) is 3.37. The van der Waals surface area contributed by atoms with Crippen LogP contribution < -0.4 is 10.5 Å². The zero-order valence-electron chi connectivity index (χ0n) is 18.0. The highest BCUT2D eigenvalue weighted by Gasteiger charge is 2.23. The number of carboxylic acid groups (broad SMARTS) is 1. The van der Waals surface area contributed by atoms with Crippen LogP contribution in [0.25, 0.3) is 11.1 Å². The van der Waals surface area contributed by atoms with Crippen molar-refractivity contribution in [3.63, 3.8) is 0 Å². The summed E-state index contributed by atoms with van der Waals surface area (Å²) in [6.45, 7) is 1.59. The Morgan fingerprint density at radius 1 is 1.45 bits per heavy atom. The van der Waals surface area contributed by atoms with E-state index in [1.165, 1.54) is 24.0 Å². The lowest BCUT2D eigenvalue weighted by atomic mass is 10.0. The van der Waals surface area contributed by atoms with Crippen molar-refractivity contribution in [2.45, 2.75) is 19.6 Å². The molecule has 11 nitrogen and oxygen atoms in total. The van der Waals surface area contributed by atoms with Gasteiger partial charge in [0.2, 0.25) is 0 Å². The third-order valence-electron chi connectivity index (χ3n) is 4.90. The number of nitroso groups, excluding NO2 is 1. The summed E-state index contributed by atoms with van der Waals surface area (Å²) in [4.78, 5) is 26.5. The first-order chi connectivity index (χ1) is 15.7. The first kappa shape index (κ1) is 23.1. The summed E-state index contributed by atoms with van der Waals surface area (Å²) in [5, 5.41) is 27.3. The molecule has 2 aromatic heterocycles. The molecule has 3 aromatic rings. The molecule has 0 aliphatic rings. The molecule has 3 N–H and O–H groups in total. The van der Waals surface area contributed by atoms with Crippen LogP contribution in [0.4, 0.5) is 10.2 Å². The first-order valence-electron chi connectivity index (χ1n) is 9.61. The van der Waals surface area contributed by atoms with Crippen molar-refractivity contribution < 1.29 is 19.0 Å². The summed E-state index contributed by atoms with van der Waals surface area (Å²) < 4.78 is 21.0. The molecule has 1 atom stereocenters. The van der Waals surface area contributed by atoms with Gasteiger partial charge in [0, 0.05) is 37.0 Å². The number of aromatic nitrogens is 3. The number of ether oxygens (including phenoxy) is 1. The van der Waals surface area contributed by atoms with Gasteiger partial charge in [-0.05, 0) is 31.2 Å². The smallest absolute Gasteiger partial charge is 0.336 e. The Labute approximate surface area is 187 Å². The molecule has 2 heterocycles. The predicted octanol–water partition coefficient (Wildman–Crippen LogP) is 3.03. The number of benzene rings is 1. The number of nitriles is 1. The summed E-state index contributed by atoms with van der Waals surface area (Å²) >= 11 is 0. The van der Waals surface area contributed by atoms with E-state index in [0.717, 1.165) is 23.2 Å². The van der Waals surface area contributed by atoms with Gasteiger partial charge >= 0.3 is 5.97 Å². The highest BCUT2D eigenvalue weighted by atomic mass is 19.1. The van der Waals surface area contributed by atoms with Crippen molar-refractivity contribution in [2.24, 2.45) is 12.3 Å². The highest BCUT2D eigenvalue weighted by molar-refractivity contribution is 5.89. The van der Waals surface area contributed by atoms with Crippen LogP contribution >= 0.6 is 0 Å². The standard InChI is InChI=1S/C21H20FN7O4/c1-11(15-7-13(22)4-5-14(15)21(30)31)33-18-6-12(9-25-20(18)24)19-16(10-28(2)27-32)26-29(3)17(19)8-23/h4-7,9,11H,10H2,1-3H3,(H2,24,25)(H,30,31)/t11-/m1/s1. The average molecular weight is 453 g/mol. The second-order valence-corrected chi connectivity index (χ2v) is 7.21. The summed E-state index contributed by atoms with van der Waals surface area (Å²) in [6.07, 6.45) is 0.535. The Morgan fingerprint density at radius 2 is 2.18 bits per heavy atom. The van der Waals surface area contributed by atoms with Crippen molar-refractivity contribution >= 4 is 11.8 Å². The molecule has 0 bridgehead atoms. The van der Waals surface area contributed by atoms with Crippen molar-refractivity contribution in [1.82, 2.24) is 19.8 Å². The van der Waals surface area contributed by atoms with E-state index < -0.39 is 17.9 Å². The van der Waals surface area contributed by atoms with E-state index in [1.807, 2.05) is 0 Å². The van der Waals surface area contributed by atoms with Gasteiger partial charge in [0.1, 0.15) is 23.7 Å². The maximum absolute atomic E-state index is 13.8. The number of pyridine rings is 1. The molecule has 0 aliphatic carbocycles. The van der Waals surface area contributed by atoms with E-state index in [0.29, 0.717) is 16.8 Å². The van der Waals surface area contributed by atoms with Crippen molar-refractivity contribution in [2.75, 3.05) is 12.8 Å². The lowest BCUT2D eigenvalue weighted by molar-refractivity contribution is 0.0691. The Morgan fingerprint density at radius 3 is 2.82 bits per heavy atom.